The number of likely N-dealkylation sites (N-methyl/N-ethyl adjacent to an activating group) is 1. The molecule has 1 aliphatic heterocycles. The van der Waals surface area contributed by atoms with Crippen LogP contribution >= 0.6 is 0 Å². The van der Waals surface area contributed by atoms with Gasteiger partial charge in [0, 0.05) is 24.9 Å². The average Bonchev–Trinajstić information content (AvgIpc) is 2.71. The summed E-state index contributed by atoms with van der Waals surface area (Å²) < 4.78 is 23.3. The fraction of sp³-hybridized carbons (Fsp3) is 1.00. The lowest BCUT2D eigenvalue weighted by Crippen LogP contribution is -2.40. The summed E-state index contributed by atoms with van der Waals surface area (Å²) in [5, 5.41) is 3.35. The molecule has 0 spiro atoms. The van der Waals surface area contributed by atoms with Crippen LogP contribution in [0.3, 0.4) is 0 Å². The van der Waals surface area contributed by atoms with E-state index in [1.807, 2.05) is 6.92 Å². The third-order valence-electron chi connectivity index (χ3n) is 3.33. The van der Waals surface area contributed by atoms with Crippen LogP contribution in [-0.2, 0) is 9.84 Å². The van der Waals surface area contributed by atoms with Crippen molar-refractivity contribution < 1.29 is 8.42 Å². The van der Waals surface area contributed by atoms with E-state index in [2.05, 4.69) is 17.1 Å². The molecule has 17 heavy (non-hydrogen) atoms. The van der Waals surface area contributed by atoms with Crippen LogP contribution < -0.4 is 5.32 Å². The first-order chi connectivity index (χ1) is 8.09. The Hall–Kier alpha value is -0.130. The molecule has 1 heterocycles. The van der Waals surface area contributed by atoms with Gasteiger partial charge in [0.15, 0.2) is 9.84 Å². The van der Waals surface area contributed by atoms with Crippen molar-refractivity contribution in [1.29, 1.82) is 0 Å². The van der Waals surface area contributed by atoms with Crippen molar-refractivity contribution in [2.75, 3.05) is 37.7 Å². The molecule has 0 bridgehead atoms. The number of nitrogens with one attached hydrogen (secondary N) is 1. The highest BCUT2D eigenvalue weighted by molar-refractivity contribution is 7.91. The fourth-order valence-electron chi connectivity index (χ4n) is 2.40. The van der Waals surface area contributed by atoms with Gasteiger partial charge in [0.05, 0.1) is 5.75 Å². The van der Waals surface area contributed by atoms with E-state index in [0.717, 1.165) is 26.1 Å². The topological polar surface area (TPSA) is 49.4 Å². The van der Waals surface area contributed by atoms with Gasteiger partial charge in [-0.05, 0) is 32.4 Å². The van der Waals surface area contributed by atoms with Crippen molar-refractivity contribution in [3.05, 3.63) is 0 Å². The van der Waals surface area contributed by atoms with Gasteiger partial charge >= 0.3 is 0 Å². The van der Waals surface area contributed by atoms with E-state index in [1.165, 1.54) is 12.8 Å². The van der Waals surface area contributed by atoms with Gasteiger partial charge in [-0.25, -0.2) is 8.42 Å². The minimum Gasteiger partial charge on any atom is -0.315 e. The van der Waals surface area contributed by atoms with Crippen molar-refractivity contribution in [2.45, 2.75) is 39.2 Å². The molecule has 1 rings (SSSR count). The van der Waals surface area contributed by atoms with E-state index < -0.39 is 9.84 Å². The first-order valence-corrected chi connectivity index (χ1v) is 8.56. The Balaban J connectivity index is 2.35. The predicted octanol–water partition coefficient (Wildman–Crippen LogP) is 0.885. The van der Waals surface area contributed by atoms with E-state index in [4.69, 9.17) is 0 Å². The van der Waals surface area contributed by atoms with E-state index >= 15 is 0 Å². The van der Waals surface area contributed by atoms with Crippen molar-refractivity contribution in [2.24, 2.45) is 0 Å². The SMILES string of the molecule is CCCS(=O)(=O)CCN1CCCC1CNCC. The number of nitrogens with zero attached hydrogens (tertiary/aromatic N) is 1. The molecule has 1 atom stereocenters. The molecule has 1 aliphatic rings. The molecule has 4 nitrogen and oxygen atoms in total. The summed E-state index contributed by atoms with van der Waals surface area (Å²) in [5.74, 6) is 0.655. The van der Waals surface area contributed by atoms with Crippen LogP contribution in [0.1, 0.15) is 33.1 Å². The Morgan fingerprint density at radius 2 is 2.06 bits per heavy atom. The molecule has 1 unspecified atom stereocenters. The summed E-state index contributed by atoms with van der Waals surface area (Å²) in [6, 6.07) is 0.534. The molecular formula is C12H26N2O2S. The Labute approximate surface area is 106 Å². The smallest absolute Gasteiger partial charge is 0.151 e. The second kappa shape index (κ2) is 7.34. The van der Waals surface area contributed by atoms with E-state index in [0.29, 0.717) is 24.1 Å². The summed E-state index contributed by atoms with van der Waals surface area (Å²) in [4.78, 5) is 2.33. The van der Waals surface area contributed by atoms with Gasteiger partial charge in [0.1, 0.15) is 0 Å². The van der Waals surface area contributed by atoms with Crippen molar-refractivity contribution in [3.63, 3.8) is 0 Å². The largest absolute Gasteiger partial charge is 0.315 e. The molecule has 0 saturated carbocycles. The molecule has 0 aromatic heterocycles. The van der Waals surface area contributed by atoms with Crippen LogP contribution in [0.2, 0.25) is 0 Å². The van der Waals surface area contributed by atoms with Crippen LogP contribution in [0.4, 0.5) is 0 Å². The minimum atomic E-state index is -2.83. The maximum absolute atomic E-state index is 11.7. The first-order valence-electron chi connectivity index (χ1n) is 6.74. The zero-order valence-corrected chi connectivity index (χ0v) is 11.9. The van der Waals surface area contributed by atoms with Gasteiger partial charge in [-0.3, -0.25) is 4.90 Å². The zero-order valence-electron chi connectivity index (χ0n) is 11.1. The minimum absolute atomic E-state index is 0.323. The third kappa shape index (κ3) is 5.36. The Morgan fingerprint density at radius 3 is 2.71 bits per heavy atom. The summed E-state index contributed by atoms with van der Waals surface area (Å²) in [5.41, 5.74) is 0. The molecule has 0 aromatic rings. The van der Waals surface area contributed by atoms with Crippen LogP contribution in [0.15, 0.2) is 0 Å². The van der Waals surface area contributed by atoms with Crippen LogP contribution in [0.5, 0.6) is 0 Å². The van der Waals surface area contributed by atoms with Crippen molar-refractivity contribution >= 4 is 9.84 Å². The normalized spacial score (nSPS) is 22.1. The molecule has 0 aliphatic carbocycles. The molecule has 102 valence electrons. The highest BCUT2D eigenvalue weighted by Gasteiger charge is 2.24. The van der Waals surface area contributed by atoms with Gasteiger partial charge in [-0.15, -0.1) is 0 Å². The lowest BCUT2D eigenvalue weighted by molar-refractivity contribution is 0.262. The molecule has 0 radical (unpaired) electrons. The lowest BCUT2D eigenvalue weighted by atomic mass is 10.2. The van der Waals surface area contributed by atoms with Gasteiger partial charge in [0.25, 0.3) is 0 Å². The number of hydrogen-bond acceptors (Lipinski definition) is 4. The molecule has 0 amide bonds. The van der Waals surface area contributed by atoms with Crippen LogP contribution in [-0.4, -0.2) is 57.0 Å². The number of sulfone groups is 1. The van der Waals surface area contributed by atoms with Crippen molar-refractivity contribution in [3.8, 4) is 0 Å². The monoisotopic (exact) mass is 262 g/mol. The molecule has 1 fully saturated rings. The molecule has 5 heteroatoms. The summed E-state index contributed by atoms with van der Waals surface area (Å²) in [6.45, 7) is 7.76. The summed E-state index contributed by atoms with van der Waals surface area (Å²) in [6.07, 6.45) is 3.12. The van der Waals surface area contributed by atoms with Crippen molar-refractivity contribution in [1.82, 2.24) is 10.2 Å². The van der Waals surface area contributed by atoms with Gasteiger partial charge in [-0.1, -0.05) is 13.8 Å². The number of rotatable bonds is 8. The molecule has 0 aromatic carbocycles. The second-order valence-corrected chi connectivity index (χ2v) is 7.10. The van der Waals surface area contributed by atoms with Crippen LogP contribution in [0.25, 0.3) is 0 Å². The van der Waals surface area contributed by atoms with Gasteiger partial charge in [0.2, 0.25) is 0 Å². The quantitative estimate of drug-likeness (QED) is 0.706. The zero-order chi connectivity index (χ0) is 12.7. The second-order valence-electron chi connectivity index (χ2n) is 4.79. The van der Waals surface area contributed by atoms with Gasteiger partial charge in [-0.2, -0.15) is 0 Å². The maximum atomic E-state index is 11.7. The van der Waals surface area contributed by atoms with E-state index in [-0.39, 0.29) is 0 Å². The third-order valence-corrected chi connectivity index (χ3v) is 5.17. The Bertz CT molecular complexity index is 304. The average molecular weight is 262 g/mol. The predicted molar refractivity (Wildman–Crippen MR) is 72.1 cm³/mol. The Morgan fingerprint density at radius 1 is 1.29 bits per heavy atom. The maximum Gasteiger partial charge on any atom is 0.151 e. The first kappa shape index (κ1) is 14.9. The van der Waals surface area contributed by atoms with Crippen LogP contribution in [0, 0.1) is 0 Å². The summed E-state index contributed by atoms with van der Waals surface area (Å²) in [7, 11) is -2.83. The highest BCUT2D eigenvalue weighted by atomic mass is 32.2. The van der Waals surface area contributed by atoms with E-state index in [1.54, 1.807) is 0 Å². The summed E-state index contributed by atoms with van der Waals surface area (Å²) >= 11 is 0. The molecular weight excluding hydrogens is 236 g/mol. The standard InChI is InChI=1S/C12H26N2O2S/c1-3-9-17(15,16)10-8-14-7-5-6-12(14)11-13-4-2/h12-13H,3-11H2,1-2H3. The fourth-order valence-corrected chi connectivity index (χ4v) is 3.74. The highest BCUT2D eigenvalue weighted by Crippen LogP contribution is 2.16. The van der Waals surface area contributed by atoms with E-state index in [9.17, 15) is 8.42 Å². The molecule has 1 N–H and O–H groups in total. The Kier molecular flexibility index (Phi) is 6.44. The number of likely N-dealkylation sites (tertiary alicyclic amines) is 1. The van der Waals surface area contributed by atoms with Gasteiger partial charge < -0.3 is 5.32 Å². The lowest BCUT2D eigenvalue weighted by Gasteiger charge is -2.24. The molecule has 1 saturated heterocycles. The number of hydrogen-bond donors (Lipinski definition) is 1.